The van der Waals surface area contributed by atoms with Crippen molar-refractivity contribution in [1.82, 2.24) is 4.90 Å². The van der Waals surface area contributed by atoms with Gasteiger partial charge in [0, 0.05) is 12.6 Å². The maximum Gasteiger partial charge on any atom is 0.323 e. The zero-order valence-corrected chi connectivity index (χ0v) is 9.97. The van der Waals surface area contributed by atoms with Crippen LogP contribution in [0.4, 0.5) is 0 Å². The van der Waals surface area contributed by atoms with Crippen molar-refractivity contribution in [3.8, 4) is 0 Å². The van der Waals surface area contributed by atoms with Crippen LogP contribution in [0.3, 0.4) is 0 Å². The Labute approximate surface area is 95.4 Å². The van der Waals surface area contributed by atoms with Gasteiger partial charge in [-0.2, -0.15) is 0 Å². The molecular weight excluding hydrogens is 210 g/mol. The summed E-state index contributed by atoms with van der Waals surface area (Å²) < 4.78 is 5.33. The van der Waals surface area contributed by atoms with E-state index in [-0.39, 0.29) is 30.5 Å². The highest BCUT2D eigenvalue weighted by atomic mass is 16.5. The molecule has 0 aliphatic heterocycles. The van der Waals surface area contributed by atoms with Gasteiger partial charge in [-0.3, -0.25) is 9.59 Å². The Morgan fingerprint density at radius 1 is 1.50 bits per heavy atom. The number of ether oxygens (including phenoxy) is 1. The van der Waals surface area contributed by atoms with E-state index < -0.39 is 5.97 Å². The molecule has 0 aromatic carbocycles. The monoisotopic (exact) mass is 229 g/mol. The van der Waals surface area contributed by atoms with Crippen molar-refractivity contribution < 1.29 is 19.4 Å². The number of aliphatic carboxylic acids is 1. The normalized spacial score (nSPS) is 23.2. The molecule has 1 aliphatic carbocycles. The highest BCUT2D eigenvalue weighted by molar-refractivity contribution is 5.85. The van der Waals surface area contributed by atoms with E-state index in [0.29, 0.717) is 6.61 Å². The number of amides is 1. The Morgan fingerprint density at radius 3 is 2.56 bits per heavy atom. The molecule has 0 heterocycles. The van der Waals surface area contributed by atoms with Gasteiger partial charge in [0.2, 0.25) is 5.91 Å². The molecule has 0 bridgehead atoms. The summed E-state index contributed by atoms with van der Waals surface area (Å²) in [4.78, 5) is 24.0. The first-order valence-electron chi connectivity index (χ1n) is 5.61. The van der Waals surface area contributed by atoms with E-state index in [4.69, 9.17) is 9.84 Å². The molecule has 1 N–H and O–H groups in total. The lowest BCUT2D eigenvalue weighted by Crippen LogP contribution is -2.42. The summed E-state index contributed by atoms with van der Waals surface area (Å²) in [5, 5.41) is 8.73. The summed E-state index contributed by atoms with van der Waals surface area (Å²) >= 11 is 0. The summed E-state index contributed by atoms with van der Waals surface area (Å²) in [6.07, 6.45) is 0.711. The van der Waals surface area contributed by atoms with E-state index in [1.807, 2.05) is 20.8 Å². The molecule has 1 aliphatic rings. The van der Waals surface area contributed by atoms with Crippen LogP contribution in [-0.2, 0) is 14.3 Å². The van der Waals surface area contributed by atoms with E-state index in [1.165, 1.54) is 4.90 Å². The first-order chi connectivity index (χ1) is 7.47. The molecule has 0 aromatic heterocycles. The van der Waals surface area contributed by atoms with Crippen molar-refractivity contribution in [2.75, 3.05) is 13.2 Å². The predicted octanol–water partition coefficient (Wildman–Crippen LogP) is 0.733. The number of hydrogen-bond acceptors (Lipinski definition) is 3. The number of carboxylic acid groups (broad SMARTS) is 1. The smallest absolute Gasteiger partial charge is 0.323 e. The van der Waals surface area contributed by atoms with Gasteiger partial charge < -0.3 is 14.7 Å². The molecule has 0 aromatic rings. The van der Waals surface area contributed by atoms with Gasteiger partial charge in [-0.15, -0.1) is 0 Å². The van der Waals surface area contributed by atoms with Gasteiger partial charge >= 0.3 is 5.97 Å². The molecule has 16 heavy (non-hydrogen) atoms. The van der Waals surface area contributed by atoms with Crippen molar-refractivity contribution in [2.45, 2.75) is 39.3 Å². The minimum atomic E-state index is -0.976. The summed E-state index contributed by atoms with van der Waals surface area (Å²) in [6.45, 7) is 5.88. The second-order valence-corrected chi connectivity index (χ2v) is 4.29. The van der Waals surface area contributed by atoms with Crippen LogP contribution in [0.15, 0.2) is 0 Å². The molecule has 1 fully saturated rings. The van der Waals surface area contributed by atoms with E-state index in [9.17, 15) is 9.59 Å². The fourth-order valence-corrected chi connectivity index (χ4v) is 1.70. The zero-order chi connectivity index (χ0) is 12.3. The molecule has 1 saturated carbocycles. The number of carboxylic acids is 1. The molecule has 2 atom stereocenters. The van der Waals surface area contributed by atoms with E-state index in [0.717, 1.165) is 6.42 Å². The quantitative estimate of drug-likeness (QED) is 0.729. The van der Waals surface area contributed by atoms with Crippen LogP contribution in [0, 0.1) is 5.92 Å². The molecule has 0 spiro atoms. The van der Waals surface area contributed by atoms with Crippen LogP contribution in [0.25, 0.3) is 0 Å². The zero-order valence-electron chi connectivity index (χ0n) is 9.97. The SMILES string of the molecule is CCOC1CC1C(=O)N(CC(=O)O)C(C)C. The minimum absolute atomic E-state index is 0.00690. The van der Waals surface area contributed by atoms with E-state index in [2.05, 4.69) is 0 Å². The fourth-order valence-electron chi connectivity index (χ4n) is 1.70. The van der Waals surface area contributed by atoms with Crippen molar-refractivity contribution in [1.29, 1.82) is 0 Å². The molecule has 0 saturated heterocycles. The molecular formula is C11H19NO4. The first-order valence-corrected chi connectivity index (χ1v) is 5.61. The van der Waals surface area contributed by atoms with Gasteiger partial charge in [0.1, 0.15) is 6.54 Å². The maximum atomic E-state index is 12.0. The molecule has 5 heteroatoms. The lowest BCUT2D eigenvalue weighted by Gasteiger charge is -2.25. The van der Waals surface area contributed by atoms with Crippen molar-refractivity contribution in [3.05, 3.63) is 0 Å². The van der Waals surface area contributed by atoms with Gasteiger partial charge in [0.05, 0.1) is 12.0 Å². The predicted molar refractivity (Wildman–Crippen MR) is 58.0 cm³/mol. The fraction of sp³-hybridized carbons (Fsp3) is 0.818. The second-order valence-electron chi connectivity index (χ2n) is 4.29. The third kappa shape index (κ3) is 3.20. The van der Waals surface area contributed by atoms with Crippen molar-refractivity contribution in [3.63, 3.8) is 0 Å². The minimum Gasteiger partial charge on any atom is -0.480 e. The number of hydrogen-bond donors (Lipinski definition) is 1. The molecule has 0 radical (unpaired) electrons. The van der Waals surface area contributed by atoms with Crippen LogP contribution in [-0.4, -0.2) is 47.2 Å². The first kappa shape index (κ1) is 13.0. The summed E-state index contributed by atoms with van der Waals surface area (Å²) in [7, 11) is 0. The Balaban J connectivity index is 2.52. The Hall–Kier alpha value is -1.10. The molecule has 1 amide bonds. The third-order valence-electron chi connectivity index (χ3n) is 2.64. The highest BCUT2D eigenvalue weighted by Gasteiger charge is 2.46. The number of rotatable bonds is 6. The second kappa shape index (κ2) is 5.30. The molecule has 1 rings (SSSR count). The van der Waals surface area contributed by atoms with Crippen molar-refractivity contribution in [2.24, 2.45) is 5.92 Å². The molecule has 2 unspecified atom stereocenters. The molecule has 92 valence electrons. The van der Waals surface area contributed by atoms with Crippen LogP contribution in [0.1, 0.15) is 27.2 Å². The topological polar surface area (TPSA) is 66.8 Å². The number of carbonyl (C=O) groups excluding carboxylic acids is 1. The number of carbonyl (C=O) groups is 2. The average molecular weight is 229 g/mol. The number of nitrogens with zero attached hydrogens (tertiary/aromatic N) is 1. The Bertz CT molecular complexity index is 277. The summed E-state index contributed by atoms with van der Waals surface area (Å²) in [5.74, 6) is -1.21. The van der Waals surface area contributed by atoms with Crippen LogP contribution in [0.5, 0.6) is 0 Å². The average Bonchev–Trinajstić information content (AvgIpc) is 2.92. The van der Waals surface area contributed by atoms with Gasteiger partial charge in [0.25, 0.3) is 0 Å². The van der Waals surface area contributed by atoms with Crippen molar-refractivity contribution >= 4 is 11.9 Å². The van der Waals surface area contributed by atoms with Gasteiger partial charge in [-0.1, -0.05) is 0 Å². The standard InChI is InChI=1S/C11H19NO4/c1-4-16-9-5-8(9)11(15)12(7(2)3)6-10(13)14/h7-9H,4-6H2,1-3H3,(H,13,14). The van der Waals surface area contributed by atoms with Gasteiger partial charge in [-0.25, -0.2) is 0 Å². The van der Waals surface area contributed by atoms with E-state index >= 15 is 0 Å². The Morgan fingerprint density at radius 2 is 2.12 bits per heavy atom. The van der Waals surface area contributed by atoms with Crippen LogP contribution >= 0.6 is 0 Å². The van der Waals surface area contributed by atoms with Gasteiger partial charge in [-0.05, 0) is 27.2 Å². The lowest BCUT2D eigenvalue weighted by molar-refractivity contribution is -0.146. The van der Waals surface area contributed by atoms with Crippen LogP contribution < -0.4 is 0 Å². The summed E-state index contributed by atoms with van der Waals surface area (Å²) in [5.41, 5.74) is 0. The maximum absolute atomic E-state index is 12.0. The third-order valence-corrected chi connectivity index (χ3v) is 2.64. The largest absolute Gasteiger partial charge is 0.480 e. The Kier molecular flexibility index (Phi) is 4.29. The van der Waals surface area contributed by atoms with E-state index in [1.54, 1.807) is 0 Å². The molecule has 5 nitrogen and oxygen atoms in total. The lowest BCUT2D eigenvalue weighted by atomic mass is 10.2. The highest BCUT2D eigenvalue weighted by Crippen LogP contribution is 2.35. The van der Waals surface area contributed by atoms with Gasteiger partial charge in [0.15, 0.2) is 0 Å². The summed E-state index contributed by atoms with van der Waals surface area (Å²) in [6, 6.07) is -0.0912. The van der Waals surface area contributed by atoms with Crippen LogP contribution in [0.2, 0.25) is 0 Å².